The van der Waals surface area contributed by atoms with Crippen LogP contribution in [0.2, 0.25) is 0 Å². The standard InChI is InChI=1S/C27H38N2O3/c1-9-12-24(27(5,6)7)28-29(25(30)20-16-18(3)15-19(4)17-20)26(31)22-13-11-14-23(32-8)21(22)10-2/h11,13-17,24,28H,9-10,12H2,1-8H3. The van der Waals surface area contributed by atoms with E-state index in [0.717, 1.165) is 29.5 Å². The second-order valence-electron chi connectivity index (χ2n) is 9.50. The first-order chi connectivity index (χ1) is 15.0. The molecule has 1 unspecified atom stereocenters. The van der Waals surface area contributed by atoms with Crippen molar-refractivity contribution in [2.45, 2.75) is 73.8 Å². The van der Waals surface area contributed by atoms with Gasteiger partial charge in [0.2, 0.25) is 0 Å². The summed E-state index contributed by atoms with van der Waals surface area (Å²) in [4.78, 5) is 27.5. The van der Waals surface area contributed by atoms with Crippen molar-refractivity contribution in [2.75, 3.05) is 7.11 Å². The molecule has 32 heavy (non-hydrogen) atoms. The number of imide groups is 1. The topological polar surface area (TPSA) is 58.6 Å². The van der Waals surface area contributed by atoms with Crippen molar-refractivity contribution in [3.63, 3.8) is 0 Å². The fourth-order valence-corrected chi connectivity index (χ4v) is 4.01. The Hall–Kier alpha value is -2.66. The third kappa shape index (κ3) is 5.98. The molecule has 2 aromatic rings. The number of aryl methyl sites for hydroxylation is 2. The van der Waals surface area contributed by atoms with E-state index in [1.54, 1.807) is 19.2 Å². The van der Waals surface area contributed by atoms with Gasteiger partial charge in [-0.2, -0.15) is 0 Å². The number of carbonyl (C=O) groups is 2. The number of hydrogen-bond acceptors (Lipinski definition) is 4. The van der Waals surface area contributed by atoms with Gasteiger partial charge < -0.3 is 4.74 Å². The van der Waals surface area contributed by atoms with Gasteiger partial charge in [-0.05, 0) is 56.4 Å². The summed E-state index contributed by atoms with van der Waals surface area (Å²) >= 11 is 0. The zero-order chi connectivity index (χ0) is 24.1. The van der Waals surface area contributed by atoms with Crippen LogP contribution in [0.5, 0.6) is 5.75 Å². The lowest BCUT2D eigenvalue weighted by atomic mass is 9.84. The number of carbonyl (C=O) groups excluding carboxylic acids is 2. The van der Waals surface area contributed by atoms with Gasteiger partial charge in [-0.3, -0.25) is 9.59 Å². The average Bonchev–Trinajstić information content (AvgIpc) is 2.73. The molecular weight excluding hydrogens is 400 g/mol. The molecule has 5 heteroatoms. The van der Waals surface area contributed by atoms with E-state index >= 15 is 0 Å². The lowest BCUT2D eigenvalue weighted by Gasteiger charge is -2.36. The van der Waals surface area contributed by atoms with Crippen molar-refractivity contribution in [3.8, 4) is 5.75 Å². The van der Waals surface area contributed by atoms with Gasteiger partial charge in [-0.1, -0.05) is 64.3 Å². The van der Waals surface area contributed by atoms with Gasteiger partial charge in [-0.25, -0.2) is 10.4 Å². The molecule has 0 aliphatic heterocycles. The Morgan fingerprint density at radius 3 is 2.16 bits per heavy atom. The summed E-state index contributed by atoms with van der Waals surface area (Å²) in [5.74, 6) is -0.0645. The monoisotopic (exact) mass is 438 g/mol. The van der Waals surface area contributed by atoms with E-state index in [-0.39, 0.29) is 23.3 Å². The minimum Gasteiger partial charge on any atom is -0.496 e. The third-order valence-electron chi connectivity index (χ3n) is 5.72. The average molecular weight is 439 g/mol. The zero-order valence-corrected chi connectivity index (χ0v) is 20.8. The van der Waals surface area contributed by atoms with Gasteiger partial charge in [0.25, 0.3) is 11.8 Å². The van der Waals surface area contributed by atoms with E-state index < -0.39 is 0 Å². The molecule has 2 amide bonds. The number of rotatable bonds is 8. The number of benzene rings is 2. The van der Waals surface area contributed by atoms with Crippen molar-refractivity contribution in [2.24, 2.45) is 5.41 Å². The number of nitrogens with zero attached hydrogens (tertiary/aromatic N) is 1. The second kappa shape index (κ2) is 10.8. The number of hydrazine groups is 1. The van der Waals surface area contributed by atoms with Gasteiger partial charge in [0.05, 0.1) is 7.11 Å². The number of hydrogen-bond donors (Lipinski definition) is 1. The molecule has 0 fully saturated rings. The highest BCUT2D eigenvalue weighted by Crippen LogP contribution is 2.27. The van der Waals surface area contributed by atoms with Crippen LogP contribution in [0.1, 0.15) is 84.9 Å². The van der Waals surface area contributed by atoms with Crippen molar-refractivity contribution in [1.29, 1.82) is 0 Å². The molecule has 174 valence electrons. The molecule has 2 aromatic carbocycles. The Labute approximate surface area is 193 Å². The quantitative estimate of drug-likeness (QED) is 0.413. The summed E-state index contributed by atoms with van der Waals surface area (Å²) in [6.45, 7) is 14.3. The number of amides is 2. The van der Waals surface area contributed by atoms with E-state index in [2.05, 4.69) is 33.1 Å². The van der Waals surface area contributed by atoms with Crippen LogP contribution >= 0.6 is 0 Å². The Balaban J connectivity index is 2.60. The minimum absolute atomic E-state index is 0.0537. The molecule has 0 saturated heterocycles. The summed E-state index contributed by atoms with van der Waals surface area (Å²) in [6.07, 6.45) is 2.40. The van der Waals surface area contributed by atoms with E-state index in [1.807, 2.05) is 45.0 Å². The molecule has 0 saturated carbocycles. The van der Waals surface area contributed by atoms with Crippen molar-refractivity contribution >= 4 is 11.8 Å². The van der Waals surface area contributed by atoms with Crippen LogP contribution in [-0.4, -0.2) is 30.0 Å². The Morgan fingerprint density at radius 2 is 1.66 bits per heavy atom. The molecule has 0 aliphatic carbocycles. The van der Waals surface area contributed by atoms with Crippen molar-refractivity contribution < 1.29 is 14.3 Å². The Morgan fingerprint density at radius 1 is 1.03 bits per heavy atom. The molecular formula is C27H38N2O3. The number of methoxy groups -OCH3 is 1. The van der Waals surface area contributed by atoms with Crippen molar-refractivity contribution in [3.05, 3.63) is 64.2 Å². The normalized spacial score (nSPS) is 12.4. The maximum atomic E-state index is 13.8. The Bertz CT molecular complexity index is 940. The summed E-state index contributed by atoms with van der Waals surface area (Å²) in [6, 6.07) is 11.0. The molecule has 0 radical (unpaired) electrons. The molecule has 1 atom stereocenters. The van der Waals surface area contributed by atoms with Gasteiger partial charge in [0, 0.05) is 22.7 Å². The second-order valence-corrected chi connectivity index (χ2v) is 9.50. The van der Waals surface area contributed by atoms with Crippen molar-refractivity contribution in [1.82, 2.24) is 10.4 Å². The van der Waals surface area contributed by atoms with E-state index in [4.69, 9.17) is 4.74 Å². The fourth-order valence-electron chi connectivity index (χ4n) is 4.01. The van der Waals surface area contributed by atoms with Crippen LogP contribution in [0, 0.1) is 19.3 Å². The van der Waals surface area contributed by atoms with Crippen LogP contribution < -0.4 is 10.2 Å². The van der Waals surface area contributed by atoms with Crippen LogP contribution in [0.4, 0.5) is 0 Å². The van der Waals surface area contributed by atoms with Gasteiger partial charge in [0.1, 0.15) is 5.75 Å². The first-order valence-electron chi connectivity index (χ1n) is 11.4. The van der Waals surface area contributed by atoms with E-state index in [1.165, 1.54) is 5.01 Å². The third-order valence-corrected chi connectivity index (χ3v) is 5.72. The fraction of sp³-hybridized carbons (Fsp3) is 0.481. The molecule has 2 rings (SSSR count). The molecule has 0 heterocycles. The minimum atomic E-state index is -0.365. The molecule has 0 bridgehead atoms. The van der Waals surface area contributed by atoms with Gasteiger partial charge in [0.15, 0.2) is 0 Å². The zero-order valence-electron chi connectivity index (χ0n) is 20.8. The van der Waals surface area contributed by atoms with E-state index in [9.17, 15) is 9.59 Å². The van der Waals surface area contributed by atoms with Crippen LogP contribution in [-0.2, 0) is 6.42 Å². The summed E-state index contributed by atoms with van der Waals surface area (Å²) in [7, 11) is 1.59. The van der Waals surface area contributed by atoms with Gasteiger partial charge >= 0.3 is 0 Å². The smallest absolute Gasteiger partial charge is 0.275 e. The first kappa shape index (κ1) is 25.6. The largest absolute Gasteiger partial charge is 0.496 e. The highest BCUT2D eigenvalue weighted by atomic mass is 16.5. The predicted octanol–water partition coefficient (Wildman–Crippen LogP) is 5.88. The maximum absolute atomic E-state index is 13.8. The van der Waals surface area contributed by atoms with Crippen LogP contribution in [0.15, 0.2) is 36.4 Å². The van der Waals surface area contributed by atoms with Crippen LogP contribution in [0.3, 0.4) is 0 Å². The predicted molar refractivity (Wildman–Crippen MR) is 130 cm³/mol. The molecule has 0 spiro atoms. The van der Waals surface area contributed by atoms with Gasteiger partial charge in [-0.15, -0.1) is 0 Å². The number of ether oxygens (including phenoxy) is 1. The number of nitrogens with one attached hydrogen (secondary N) is 1. The first-order valence-corrected chi connectivity index (χ1v) is 11.4. The SMILES string of the molecule is CCCC(NN(C(=O)c1cc(C)cc(C)c1)C(=O)c1cccc(OC)c1CC)C(C)(C)C. The summed E-state index contributed by atoms with van der Waals surface area (Å²) in [5, 5.41) is 1.22. The summed E-state index contributed by atoms with van der Waals surface area (Å²) in [5.41, 5.74) is 6.90. The summed E-state index contributed by atoms with van der Waals surface area (Å²) < 4.78 is 5.48. The Kier molecular flexibility index (Phi) is 8.62. The molecule has 5 nitrogen and oxygen atoms in total. The highest BCUT2D eigenvalue weighted by Gasteiger charge is 2.33. The maximum Gasteiger partial charge on any atom is 0.275 e. The molecule has 0 aliphatic rings. The highest BCUT2D eigenvalue weighted by molar-refractivity contribution is 6.10. The lowest BCUT2D eigenvalue weighted by molar-refractivity contribution is 0.0424. The van der Waals surface area contributed by atoms with E-state index in [0.29, 0.717) is 23.3 Å². The molecule has 0 aromatic heterocycles. The van der Waals surface area contributed by atoms with Crippen LogP contribution in [0.25, 0.3) is 0 Å². The lowest BCUT2D eigenvalue weighted by Crippen LogP contribution is -2.55. The molecule has 1 N–H and O–H groups in total.